The van der Waals surface area contributed by atoms with E-state index in [1.807, 2.05) is 4.98 Å². The number of aromatic hydroxyl groups is 1. The number of aliphatic carboxylic acids is 1. The Bertz CT molecular complexity index is 1180. The predicted octanol–water partition coefficient (Wildman–Crippen LogP) is -3.48. The van der Waals surface area contributed by atoms with Crippen molar-refractivity contribution in [2.24, 2.45) is 11.7 Å². The van der Waals surface area contributed by atoms with E-state index in [1.165, 1.54) is 19.1 Å². The van der Waals surface area contributed by atoms with Crippen LogP contribution < -0.4 is 22.3 Å². The molecule has 1 aliphatic heterocycles. The Labute approximate surface area is 196 Å². The van der Waals surface area contributed by atoms with Gasteiger partial charge >= 0.3 is 11.7 Å². The van der Waals surface area contributed by atoms with Gasteiger partial charge in [0.25, 0.3) is 5.56 Å². The topological polar surface area (TPSA) is 250 Å². The molecule has 8 atom stereocenters. The van der Waals surface area contributed by atoms with Crippen LogP contribution in [0.15, 0.2) is 40.2 Å². The lowest BCUT2D eigenvalue weighted by Gasteiger charge is -2.28. The summed E-state index contributed by atoms with van der Waals surface area (Å²) in [4.78, 5) is 53.7. The summed E-state index contributed by atoms with van der Waals surface area (Å²) in [6.07, 6.45) is -6.15. The first kappa shape index (κ1) is 26.0. The molecule has 0 spiro atoms. The highest BCUT2D eigenvalue weighted by atomic mass is 16.6. The number of ether oxygens (including phenoxy) is 1. The number of pyridine rings is 1. The summed E-state index contributed by atoms with van der Waals surface area (Å²) in [5, 5.41) is 52.3. The quantitative estimate of drug-likeness (QED) is 0.178. The summed E-state index contributed by atoms with van der Waals surface area (Å²) in [7, 11) is 0. The van der Waals surface area contributed by atoms with E-state index < -0.39 is 71.8 Å². The highest BCUT2D eigenvalue weighted by Crippen LogP contribution is 2.30. The molecular weight excluding hydrogens is 470 g/mol. The first-order valence-corrected chi connectivity index (χ1v) is 10.4. The third-order valence-corrected chi connectivity index (χ3v) is 5.73. The zero-order chi connectivity index (χ0) is 26.0. The maximum atomic E-state index is 12.7. The average molecular weight is 495 g/mol. The zero-order valence-corrected chi connectivity index (χ0v) is 18.3. The number of nitrogens with zero attached hydrogens (tertiary/aromatic N) is 2. The number of aromatic nitrogens is 3. The summed E-state index contributed by atoms with van der Waals surface area (Å²) < 4.78 is 6.16. The van der Waals surface area contributed by atoms with Gasteiger partial charge in [0.2, 0.25) is 5.91 Å². The minimum absolute atomic E-state index is 0.111. The molecule has 15 heteroatoms. The van der Waals surface area contributed by atoms with E-state index in [9.17, 15) is 44.7 Å². The van der Waals surface area contributed by atoms with Crippen LogP contribution in [0.1, 0.15) is 24.9 Å². The number of aromatic amines is 1. The summed E-state index contributed by atoms with van der Waals surface area (Å²) >= 11 is 0. The Morgan fingerprint density at radius 3 is 2.49 bits per heavy atom. The van der Waals surface area contributed by atoms with E-state index in [1.54, 1.807) is 0 Å². The number of nitrogens with two attached hydrogens (primary N) is 1. The molecule has 0 saturated carbocycles. The molecule has 0 aliphatic carbocycles. The van der Waals surface area contributed by atoms with Crippen molar-refractivity contribution in [2.75, 3.05) is 0 Å². The van der Waals surface area contributed by atoms with Gasteiger partial charge in [-0.2, -0.15) is 0 Å². The molecule has 2 aromatic rings. The van der Waals surface area contributed by atoms with E-state index >= 15 is 0 Å². The smallest absolute Gasteiger partial charge is 0.330 e. The fraction of sp³-hybridized carbons (Fsp3) is 0.450. The second-order valence-corrected chi connectivity index (χ2v) is 8.09. The molecule has 3 rings (SSSR count). The van der Waals surface area contributed by atoms with Crippen molar-refractivity contribution >= 4 is 11.9 Å². The number of carbonyl (C=O) groups excluding carboxylic acids is 1. The summed E-state index contributed by atoms with van der Waals surface area (Å²) in [5.41, 5.74) is 4.33. The minimum Gasteiger partial charge on any atom is -0.506 e. The maximum absolute atomic E-state index is 12.7. The van der Waals surface area contributed by atoms with E-state index in [0.717, 1.165) is 23.0 Å². The Balaban J connectivity index is 1.76. The number of aliphatic hydroxyl groups is 3. The molecule has 3 unspecified atom stereocenters. The van der Waals surface area contributed by atoms with Gasteiger partial charge in [-0.05, 0) is 12.1 Å². The molecule has 9 N–H and O–H groups in total. The lowest BCUT2D eigenvalue weighted by Crippen LogP contribution is -2.57. The van der Waals surface area contributed by atoms with Gasteiger partial charge in [-0.25, -0.2) is 9.59 Å². The third kappa shape index (κ3) is 5.39. The third-order valence-electron chi connectivity index (χ3n) is 5.73. The molecule has 15 nitrogen and oxygen atoms in total. The highest BCUT2D eigenvalue weighted by molar-refractivity contribution is 5.87. The number of nitrogens with one attached hydrogen (secondary N) is 2. The molecule has 0 aromatic carbocycles. The Morgan fingerprint density at radius 1 is 1.23 bits per heavy atom. The van der Waals surface area contributed by atoms with Gasteiger partial charge in [-0.3, -0.25) is 24.1 Å². The van der Waals surface area contributed by atoms with Crippen molar-refractivity contribution in [3.05, 3.63) is 57.1 Å². The Morgan fingerprint density at radius 2 is 1.91 bits per heavy atom. The van der Waals surface area contributed by atoms with Crippen LogP contribution in [0, 0.1) is 5.92 Å². The first-order chi connectivity index (χ1) is 16.4. The van der Waals surface area contributed by atoms with E-state index in [2.05, 4.69) is 10.3 Å². The Hall–Kier alpha value is -3.63. The van der Waals surface area contributed by atoms with Crippen molar-refractivity contribution in [2.45, 2.75) is 49.7 Å². The lowest BCUT2D eigenvalue weighted by molar-refractivity contribution is -0.149. The van der Waals surface area contributed by atoms with Gasteiger partial charge in [-0.15, -0.1) is 0 Å². The second-order valence-electron chi connectivity index (χ2n) is 8.09. The largest absolute Gasteiger partial charge is 0.506 e. The molecule has 1 fully saturated rings. The number of amides is 1. The molecular formula is C20H25N5O10. The molecule has 2 aromatic heterocycles. The van der Waals surface area contributed by atoms with Gasteiger partial charge in [0, 0.05) is 18.2 Å². The number of carbonyl (C=O) groups is 2. The van der Waals surface area contributed by atoms with Crippen molar-refractivity contribution in [3.8, 4) is 5.75 Å². The van der Waals surface area contributed by atoms with Crippen LogP contribution in [0.3, 0.4) is 0 Å². The van der Waals surface area contributed by atoms with Crippen LogP contribution in [-0.2, 0) is 14.3 Å². The molecule has 3 heterocycles. The first-order valence-electron chi connectivity index (χ1n) is 10.4. The predicted molar refractivity (Wildman–Crippen MR) is 115 cm³/mol. The number of carboxylic acids is 1. The van der Waals surface area contributed by atoms with Crippen LogP contribution in [0.2, 0.25) is 0 Å². The van der Waals surface area contributed by atoms with E-state index in [0.29, 0.717) is 0 Å². The van der Waals surface area contributed by atoms with Crippen LogP contribution in [0.4, 0.5) is 0 Å². The molecule has 1 aliphatic rings. The van der Waals surface area contributed by atoms with Crippen molar-refractivity contribution in [1.82, 2.24) is 19.9 Å². The Kier molecular flexibility index (Phi) is 7.67. The second kappa shape index (κ2) is 10.3. The van der Waals surface area contributed by atoms with Gasteiger partial charge in [0.15, 0.2) is 12.3 Å². The van der Waals surface area contributed by atoms with Gasteiger partial charge in [0.1, 0.15) is 30.2 Å². The summed E-state index contributed by atoms with van der Waals surface area (Å²) in [6.45, 7) is 1.42. The van der Waals surface area contributed by atoms with Gasteiger partial charge in [0.05, 0.1) is 17.9 Å². The SMILES string of the molecule is C[C@@H]([C@H](N)C(=O)NC(C(=O)O)[C@H]1O[C@@H](n2ccc(=O)[nH]c2=O)C(O)C1O)[C@H](O)c1ccc(O)cn1. The number of H-pyrrole nitrogens is 1. The summed E-state index contributed by atoms with van der Waals surface area (Å²) in [6, 6.07) is 0.215. The fourth-order valence-corrected chi connectivity index (χ4v) is 3.63. The molecule has 35 heavy (non-hydrogen) atoms. The molecule has 190 valence electrons. The van der Waals surface area contributed by atoms with Crippen molar-refractivity contribution < 1.29 is 39.9 Å². The van der Waals surface area contributed by atoms with Crippen molar-refractivity contribution in [1.29, 1.82) is 0 Å². The monoisotopic (exact) mass is 495 g/mol. The maximum Gasteiger partial charge on any atom is 0.330 e. The number of aliphatic hydroxyl groups excluding tert-OH is 3. The molecule has 0 radical (unpaired) electrons. The van der Waals surface area contributed by atoms with Crippen LogP contribution in [0.5, 0.6) is 5.75 Å². The fourth-order valence-electron chi connectivity index (χ4n) is 3.63. The number of carboxylic acid groups (broad SMARTS) is 1. The number of rotatable bonds is 8. The van der Waals surface area contributed by atoms with Gasteiger partial charge < -0.3 is 41.3 Å². The number of hydrogen-bond acceptors (Lipinski definition) is 11. The average Bonchev–Trinajstić information content (AvgIpc) is 3.10. The van der Waals surface area contributed by atoms with Crippen LogP contribution in [0.25, 0.3) is 0 Å². The van der Waals surface area contributed by atoms with E-state index in [4.69, 9.17) is 10.5 Å². The highest BCUT2D eigenvalue weighted by Gasteiger charge is 2.50. The summed E-state index contributed by atoms with van der Waals surface area (Å²) in [5.74, 6) is -3.75. The molecule has 1 saturated heterocycles. The van der Waals surface area contributed by atoms with E-state index in [-0.39, 0.29) is 11.4 Å². The van der Waals surface area contributed by atoms with Crippen LogP contribution >= 0.6 is 0 Å². The lowest BCUT2D eigenvalue weighted by atomic mass is 9.92. The van der Waals surface area contributed by atoms with Gasteiger partial charge in [-0.1, -0.05) is 6.92 Å². The molecule has 1 amide bonds. The van der Waals surface area contributed by atoms with Crippen molar-refractivity contribution in [3.63, 3.8) is 0 Å². The molecule has 0 bridgehead atoms. The van der Waals surface area contributed by atoms with Crippen LogP contribution in [-0.4, -0.2) is 82.3 Å². The normalized spacial score (nSPS) is 25.4. The minimum atomic E-state index is -1.90. The number of hydrogen-bond donors (Lipinski definition) is 8. The zero-order valence-electron chi connectivity index (χ0n) is 18.3. The standard InChI is InChI=1S/C20H25N5O10/c1-7(13(28)9-3-2-8(26)6-22-9)11(21)17(31)24-12(19(32)33)16-14(29)15(30)18(35-16)25-5-4-10(27)23-20(25)34/h2-7,11-16,18,26,28-30H,21H2,1H3,(H,24,31)(H,32,33)(H,23,27,34)/t7-,11-,12?,13-,14?,15?,16+,18+/m0/s1.